The van der Waals surface area contributed by atoms with Gasteiger partial charge in [0.15, 0.2) is 5.78 Å². The normalized spacial score (nSPS) is 15.4. The third kappa shape index (κ3) is 22.2. The maximum absolute atomic E-state index is 13.0. The van der Waals surface area contributed by atoms with Crippen molar-refractivity contribution in [2.24, 2.45) is 0 Å². The van der Waals surface area contributed by atoms with Crippen LogP contribution in [0.15, 0.2) is 24.5 Å². The topological polar surface area (TPSA) is 241 Å². The predicted molar refractivity (Wildman–Crippen MR) is 218 cm³/mol. The number of carboxylic acids is 3. The van der Waals surface area contributed by atoms with Crippen LogP contribution in [0.3, 0.4) is 0 Å². The number of carboxylic acid groups (broad SMARTS) is 3. The number of pyridine rings is 1. The van der Waals surface area contributed by atoms with Crippen LogP contribution in [-0.4, -0.2) is 214 Å². The van der Waals surface area contributed by atoms with Gasteiger partial charge in [-0.15, -0.1) is 5.10 Å². The molecule has 0 radical (unpaired) electrons. The van der Waals surface area contributed by atoms with Crippen molar-refractivity contribution in [3.8, 4) is 0 Å². The minimum absolute atomic E-state index is 0.00466. The van der Waals surface area contributed by atoms with E-state index in [1.807, 2.05) is 23.9 Å². The van der Waals surface area contributed by atoms with E-state index in [1.165, 1.54) is 0 Å². The summed E-state index contributed by atoms with van der Waals surface area (Å²) in [7, 11) is 3.93. The van der Waals surface area contributed by atoms with Crippen LogP contribution in [-0.2, 0) is 53.0 Å². The van der Waals surface area contributed by atoms with Gasteiger partial charge in [-0.2, -0.15) is 0 Å². The maximum atomic E-state index is 13.0. The molecule has 0 aromatic carbocycles. The number of aryl methyl sites for hydroxylation is 1. The number of rotatable bonds is 28. The number of hydrogen-bond acceptors (Lipinski definition) is 16. The number of carbonyl (C=O) groups is 6. The third-order valence-corrected chi connectivity index (χ3v) is 9.75. The van der Waals surface area contributed by atoms with Crippen molar-refractivity contribution in [1.29, 1.82) is 0 Å². The highest BCUT2D eigenvalue weighted by Gasteiger charge is 2.21. The van der Waals surface area contributed by atoms with Crippen LogP contribution in [0.5, 0.6) is 0 Å². The van der Waals surface area contributed by atoms with E-state index in [1.54, 1.807) is 43.9 Å². The van der Waals surface area contributed by atoms with E-state index in [4.69, 9.17) is 9.47 Å². The van der Waals surface area contributed by atoms with Gasteiger partial charge in [0.1, 0.15) is 23.0 Å². The molecule has 2 aromatic heterocycles. The highest BCUT2D eigenvalue weighted by atomic mass is 16.5. The average Bonchev–Trinajstić information content (AvgIpc) is 3.64. The second-order valence-electron chi connectivity index (χ2n) is 15.3. The van der Waals surface area contributed by atoms with Crippen LogP contribution in [0, 0.1) is 0 Å². The van der Waals surface area contributed by atoms with Gasteiger partial charge in [0.25, 0.3) is 0 Å². The molecule has 334 valence electrons. The Balaban J connectivity index is 1.31. The molecule has 60 heavy (non-hydrogen) atoms. The lowest BCUT2D eigenvalue weighted by molar-refractivity contribution is -0.140. The zero-order valence-electron chi connectivity index (χ0n) is 35.1. The molecule has 0 spiro atoms. The van der Waals surface area contributed by atoms with E-state index in [-0.39, 0.29) is 69.6 Å². The number of hydrogen-bond donors (Lipinski definition) is 3. The highest BCUT2D eigenvalue weighted by molar-refractivity contribution is 5.94. The van der Waals surface area contributed by atoms with E-state index < -0.39 is 17.9 Å². The summed E-state index contributed by atoms with van der Waals surface area (Å²) in [5.41, 5.74) is 1.82. The number of unbranched alkanes of at least 4 members (excludes halogenated alkanes) is 1. The van der Waals surface area contributed by atoms with Gasteiger partial charge >= 0.3 is 17.9 Å². The summed E-state index contributed by atoms with van der Waals surface area (Å²) < 4.78 is 12.9. The zero-order valence-corrected chi connectivity index (χ0v) is 35.1. The molecule has 3 rings (SSSR count). The molecule has 0 atom stereocenters. The molecule has 0 aliphatic carbocycles. The Bertz CT molecular complexity index is 1610. The van der Waals surface area contributed by atoms with Crippen molar-refractivity contribution < 1.29 is 53.6 Å². The van der Waals surface area contributed by atoms with E-state index in [0.717, 1.165) is 18.5 Å². The SMILES string of the molecule is CN(C)CCCC(=O)c1ccc(CC(=O)CCOCCOCc2cn(CCCCC(=O)CN3CCN(CC(=O)O)CCN(CC(=O)O)CCN(CC(=O)O)CC3)nn2)cn1. The van der Waals surface area contributed by atoms with Gasteiger partial charge in [-0.1, -0.05) is 11.3 Å². The summed E-state index contributed by atoms with van der Waals surface area (Å²) in [6.07, 6.45) is 6.68. The molecule has 0 bridgehead atoms. The van der Waals surface area contributed by atoms with E-state index >= 15 is 0 Å². The Labute approximate surface area is 351 Å². The molecule has 0 unspecified atom stereocenters. The van der Waals surface area contributed by atoms with Crippen LogP contribution < -0.4 is 0 Å². The van der Waals surface area contributed by atoms with Crippen molar-refractivity contribution in [2.45, 2.75) is 58.1 Å². The van der Waals surface area contributed by atoms with Gasteiger partial charge in [0, 0.05) is 90.8 Å². The number of aliphatic carboxylic acids is 3. The van der Waals surface area contributed by atoms with Crippen molar-refractivity contribution in [2.75, 3.05) is 119 Å². The van der Waals surface area contributed by atoms with Crippen LogP contribution in [0.25, 0.3) is 0 Å². The molecule has 2 aromatic rings. The first-order valence-electron chi connectivity index (χ1n) is 20.5. The lowest BCUT2D eigenvalue weighted by Gasteiger charge is -2.32. The molecule has 3 N–H and O–H groups in total. The second-order valence-corrected chi connectivity index (χ2v) is 15.3. The minimum Gasteiger partial charge on any atom is -0.480 e. The summed E-state index contributed by atoms with van der Waals surface area (Å²) in [5.74, 6) is -2.99. The van der Waals surface area contributed by atoms with Gasteiger partial charge in [-0.25, -0.2) is 0 Å². The second kappa shape index (κ2) is 28.0. The first kappa shape index (κ1) is 49.8. The Kier molecular flexibility index (Phi) is 23.3. The molecule has 1 aliphatic heterocycles. The molecular weight excluding hydrogens is 782 g/mol. The van der Waals surface area contributed by atoms with E-state index in [0.29, 0.717) is 109 Å². The number of aromatic nitrogens is 4. The van der Waals surface area contributed by atoms with E-state index in [9.17, 15) is 44.1 Å². The molecule has 1 aliphatic rings. The van der Waals surface area contributed by atoms with Crippen molar-refractivity contribution >= 4 is 35.3 Å². The fourth-order valence-electron chi connectivity index (χ4n) is 6.50. The van der Waals surface area contributed by atoms with Crippen LogP contribution in [0.2, 0.25) is 0 Å². The maximum Gasteiger partial charge on any atom is 0.317 e. The number of Topliss-reactive ketones (excluding diaryl/α,β-unsaturated/α-hetero) is 3. The van der Waals surface area contributed by atoms with Gasteiger partial charge in [0.2, 0.25) is 0 Å². The molecule has 0 amide bonds. The molecule has 1 saturated heterocycles. The van der Waals surface area contributed by atoms with Crippen molar-refractivity contribution in [3.05, 3.63) is 41.5 Å². The van der Waals surface area contributed by atoms with E-state index in [2.05, 4.69) is 15.3 Å². The molecule has 20 nitrogen and oxygen atoms in total. The fourth-order valence-corrected chi connectivity index (χ4v) is 6.50. The van der Waals surface area contributed by atoms with Gasteiger partial charge in [0.05, 0.1) is 58.8 Å². The van der Waals surface area contributed by atoms with Crippen molar-refractivity contribution in [1.82, 2.24) is 44.5 Å². The summed E-state index contributed by atoms with van der Waals surface area (Å²) in [5, 5.41) is 36.5. The molecular formula is C40H63N9O11. The zero-order chi connectivity index (χ0) is 43.7. The Morgan fingerprint density at radius 3 is 1.77 bits per heavy atom. The lowest BCUT2D eigenvalue weighted by atomic mass is 10.1. The first-order valence-corrected chi connectivity index (χ1v) is 20.5. The third-order valence-electron chi connectivity index (χ3n) is 9.75. The van der Waals surface area contributed by atoms with Crippen LogP contribution in [0.4, 0.5) is 0 Å². The number of carbonyl (C=O) groups excluding carboxylic acids is 3. The van der Waals surface area contributed by atoms with Crippen molar-refractivity contribution in [3.63, 3.8) is 0 Å². The van der Waals surface area contributed by atoms with Gasteiger partial charge < -0.3 is 29.7 Å². The largest absolute Gasteiger partial charge is 0.480 e. The van der Waals surface area contributed by atoms with Crippen LogP contribution in [0.1, 0.15) is 60.3 Å². The molecule has 3 heterocycles. The van der Waals surface area contributed by atoms with Gasteiger partial charge in [-0.3, -0.25) is 58.0 Å². The number of ketones is 3. The summed E-state index contributed by atoms with van der Waals surface area (Å²) in [6, 6.07) is 3.44. The van der Waals surface area contributed by atoms with Gasteiger partial charge in [-0.05, 0) is 51.5 Å². The molecule has 1 fully saturated rings. The fraction of sp³-hybridized carbons (Fsp3) is 0.675. The average molecular weight is 846 g/mol. The monoisotopic (exact) mass is 845 g/mol. The Morgan fingerprint density at radius 2 is 1.23 bits per heavy atom. The predicted octanol–water partition coefficient (Wildman–Crippen LogP) is 0.148. The minimum atomic E-state index is -1.02. The summed E-state index contributed by atoms with van der Waals surface area (Å²) in [4.78, 5) is 85.5. The lowest BCUT2D eigenvalue weighted by Crippen LogP contribution is -2.49. The molecule has 20 heteroatoms. The summed E-state index contributed by atoms with van der Waals surface area (Å²) in [6.45, 7) is 4.73. The standard InChI is InChI=1S/C40H63N9O11/c1-44(2)11-5-7-37(52)36-9-8-32(25-41-36)24-34(50)10-21-59-22-23-60-31-33-26-49(43-42-33)12-4-3-6-35(51)27-45-13-15-46(28-38(53)54)17-19-48(30-40(57)58)20-18-47(16-14-45)29-39(55)56/h8-9,25-26H,3-7,10-24,27-31H2,1-2H3,(H,53,54)(H,55,56)(H,57,58). The molecule has 0 saturated carbocycles. The Morgan fingerprint density at radius 1 is 0.667 bits per heavy atom. The first-order chi connectivity index (χ1) is 28.7. The Hall–Kier alpha value is -4.57. The smallest absolute Gasteiger partial charge is 0.317 e. The van der Waals surface area contributed by atoms with Crippen LogP contribution >= 0.6 is 0 Å². The summed E-state index contributed by atoms with van der Waals surface area (Å²) >= 11 is 0. The quantitative estimate of drug-likeness (QED) is 0.0763. The highest BCUT2D eigenvalue weighted by Crippen LogP contribution is 2.09. The number of nitrogens with zero attached hydrogens (tertiary/aromatic N) is 9. The number of ether oxygens (including phenoxy) is 2.